The average molecular weight is 296 g/mol. The Morgan fingerprint density at radius 2 is 2.10 bits per heavy atom. The predicted octanol–water partition coefficient (Wildman–Crippen LogP) is 3.28. The molecule has 1 aliphatic heterocycles. The van der Waals surface area contributed by atoms with Gasteiger partial charge < -0.3 is 10.6 Å². The molecular formula is C16H26ClN3. The maximum Gasteiger partial charge on any atom is 0.0642 e. The van der Waals surface area contributed by atoms with Crippen molar-refractivity contribution < 1.29 is 0 Å². The van der Waals surface area contributed by atoms with E-state index in [-0.39, 0.29) is 6.04 Å². The van der Waals surface area contributed by atoms with E-state index < -0.39 is 0 Å². The average Bonchev–Trinajstić information content (AvgIpc) is 2.89. The second kappa shape index (κ2) is 6.79. The summed E-state index contributed by atoms with van der Waals surface area (Å²) in [5.74, 6) is 0. The SMILES string of the molecule is CCN(CC)C1CCN(c2ccc(C(C)N)cc2Cl)C1. The summed E-state index contributed by atoms with van der Waals surface area (Å²) in [5.41, 5.74) is 8.14. The summed E-state index contributed by atoms with van der Waals surface area (Å²) in [7, 11) is 0. The summed E-state index contributed by atoms with van der Waals surface area (Å²) in [4.78, 5) is 4.93. The van der Waals surface area contributed by atoms with Gasteiger partial charge in [-0.25, -0.2) is 0 Å². The molecule has 2 unspecified atom stereocenters. The van der Waals surface area contributed by atoms with Crippen molar-refractivity contribution >= 4 is 17.3 Å². The minimum absolute atomic E-state index is 0.0311. The number of hydrogen-bond acceptors (Lipinski definition) is 3. The molecule has 0 radical (unpaired) electrons. The smallest absolute Gasteiger partial charge is 0.0642 e. The van der Waals surface area contributed by atoms with E-state index in [1.807, 2.05) is 13.0 Å². The Morgan fingerprint density at radius 1 is 1.40 bits per heavy atom. The van der Waals surface area contributed by atoms with E-state index in [2.05, 4.69) is 35.8 Å². The van der Waals surface area contributed by atoms with E-state index in [0.717, 1.165) is 42.5 Å². The van der Waals surface area contributed by atoms with Crippen molar-refractivity contribution in [3.63, 3.8) is 0 Å². The van der Waals surface area contributed by atoms with Crippen molar-refractivity contribution in [2.75, 3.05) is 31.1 Å². The van der Waals surface area contributed by atoms with Crippen molar-refractivity contribution in [3.05, 3.63) is 28.8 Å². The minimum atomic E-state index is 0.0311. The molecule has 2 rings (SSSR count). The lowest BCUT2D eigenvalue weighted by Crippen LogP contribution is -2.37. The van der Waals surface area contributed by atoms with Crippen LogP contribution in [0.4, 0.5) is 5.69 Å². The number of likely N-dealkylation sites (N-methyl/N-ethyl adjacent to an activating group) is 1. The van der Waals surface area contributed by atoms with Gasteiger partial charge in [0.15, 0.2) is 0 Å². The lowest BCUT2D eigenvalue weighted by Gasteiger charge is -2.27. The third-order valence-corrected chi connectivity index (χ3v) is 4.63. The molecule has 2 atom stereocenters. The van der Waals surface area contributed by atoms with Crippen LogP contribution >= 0.6 is 11.6 Å². The molecule has 0 spiro atoms. The maximum absolute atomic E-state index is 6.44. The second-order valence-corrected chi connectivity index (χ2v) is 6.02. The Morgan fingerprint density at radius 3 is 2.65 bits per heavy atom. The van der Waals surface area contributed by atoms with E-state index in [9.17, 15) is 0 Å². The van der Waals surface area contributed by atoms with Crippen molar-refractivity contribution in [1.29, 1.82) is 0 Å². The van der Waals surface area contributed by atoms with Crippen LogP contribution < -0.4 is 10.6 Å². The fourth-order valence-corrected chi connectivity index (χ4v) is 3.37. The number of rotatable bonds is 5. The Hall–Kier alpha value is -0.770. The van der Waals surface area contributed by atoms with Gasteiger partial charge in [0.05, 0.1) is 10.7 Å². The Kier molecular flexibility index (Phi) is 5.30. The summed E-state index contributed by atoms with van der Waals surface area (Å²) in [5, 5.41) is 0.819. The normalized spacial score (nSPS) is 20.7. The van der Waals surface area contributed by atoms with Crippen LogP contribution in [0.3, 0.4) is 0 Å². The van der Waals surface area contributed by atoms with Gasteiger partial charge >= 0.3 is 0 Å². The van der Waals surface area contributed by atoms with Gasteiger partial charge in [-0.3, -0.25) is 4.90 Å². The Balaban J connectivity index is 2.10. The van der Waals surface area contributed by atoms with Gasteiger partial charge in [-0.05, 0) is 44.1 Å². The fourth-order valence-electron chi connectivity index (χ4n) is 3.06. The van der Waals surface area contributed by atoms with Crippen LogP contribution in [0.5, 0.6) is 0 Å². The monoisotopic (exact) mass is 295 g/mol. The zero-order valence-electron chi connectivity index (χ0n) is 12.8. The van der Waals surface area contributed by atoms with Crippen molar-refractivity contribution in [2.24, 2.45) is 5.73 Å². The molecule has 0 aliphatic carbocycles. The Labute approximate surface area is 127 Å². The van der Waals surface area contributed by atoms with E-state index in [1.54, 1.807) is 0 Å². The highest BCUT2D eigenvalue weighted by atomic mass is 35.5. The molecule has 1 aromatic rings. The molecular weight excluding hydrogens is 270 g/mol. The molecule has 2 N–H and O–H groups in total. The molecule has 20 heavy (non-hydrogen) atoms. The number of nitrogens with two attached hydrogens (primary N) is 1. The molecule has 1 heterocycles. The van der Waals surface area contributed by atoms with Gasteiger partial charge in [0, 0.05) is 25.2 Å². The minimum Gasteiger partial charge on any atom is -0.369 e. The molecule has 4 heteroatoms. The topological polar surface area (TPSA) is 32.5 Å². The molecule has 112 valence electrons. The third kappa shape index (κ3) is 3.27. The molecule has 0 aromatic heterocycles. The molecule has 3 nitrogen and oxygen atoms in total. The van der Waals surface area contributed by atoms with Crippen LogP contribution in [0.2, 0.25) is 5.02 Å². The molecule has 1 fully saturated rings. The van der Waals surface area contributed by atoms with Gasteiger partial charge in [0.2, 0.25) is 0 Å². The van der Waals surface area contributed by atoms with Crippen LogP contribution in [0.1, 0.15) is 38.8 Å². The van der Waals surface area contributed by atoms with E-state index in [0.29, 0.717) is 6.04 Å². The summed E-state index contributed by atoms with van der Waals surface area (Å²) in [6.07, 6.45) is 1.22. The predicted molar refractivity (Wildman–Crippen MR) is 87.6 cm³/mol. The first kappa shape index (κ1) is 15.6. The molecule has 1 saturated heterocycles. The van der Waals surface area contributed by atoms with E-state index >= 15 is 0 Å². The second-order valence-electron chi connectivity index (χ2n) is 5.61. The highest BCUT2D eigenvalue weighted by Gasteiger charge is 2.27. The number of benzene rings is 1. The largest absolute Gasteiger partial charge is 0.369 e. The molecule has 0 saturated carbocycles. The molecule has 1 aromatic carbocycles. The van der Waals surface area contributed by atoms with Crippen molar-refractivity contribution in [3.8, 4) is 0 Å². The number of anilines is 1. The highest BCUT2D eigenvalue weighted by Crippen LogP contribution is 2.31. The first-order chi connectivity index (χ1) is 9.56. The van der Waals surface area contributed by atoms with Gasteiger partial charge in [-0.15, -0.1) is 0 Å². The molecule has 0 bridgehead atoms. The Bertz CT molecular complexity index is 443. The number of hydrogen-bond donors (Lipinski definition) is 1. The lowest BCUT2D eigenvalue weighted by atomic mass is 10.1. The summed E-state index contributed by atoms with van der Waals surface area (Å²) >= 11 is 6.44. The molecule has 0 amide bonds. The highest BCUT2D eigenvalue weighted by molar-refractivity contribution is 6.33. The third-order valence-electron chi connectivity index (χ3n) is 4.33. The van der Waals surface area contributed by atoms with Gasteiger partial charge in [0.25, 0.3) is 0 Å². The lowest BCUT2D eigenvalue weighted by molar-refractivity contribution is 0.232. The number of nitrogens with zero attached hydrogens (tertiary/aromatic N) is 2. The molecule has 1 aliphatic rings. The van der Waals surface area contributed by atoms with Crippen LogP contribution in [0.15, 0.2) is 18.2 Å². The first-order valence-electron chi connectivity index (χ1n) is 7.60. The summed E-state index contributed by atoms with van der Waals surface area (Å²) in [6.45, 7) is 10.8. The van der Waals surface area contributed by atoms with Crippen LogP contribution in [0, 0.1) is 0 Å². The van der Waals surface area contributed by atoms with Crippen LogP contribution in [0.25, 0.3) is 0 Å². The number of halogens is 1. The van der Waals surface area contributed by atoms with Crippen molar-refractivity contribution in [1.82, 2.24) is 4.90 Å². The summed E-state index contributed by atoms with van der Waals surface area (Å²) in [6, 6.07) is 6.90. The van der Waals surface area contributed by atoms with E-state index in [1.165, 1.54) is 6.42 Å². The maximum atomic E-state index is 6.44. The van der Waals surface area contributed by atoms with Crippen LogP contribution in [-0.2, 0) is 0 Å². The van der Waals surface area contributed by atoms with Gasteiger partial charge in [0.1, 0.15) is 0 Å². The van der Waals surface area contributed by atoms with Gasteiger partial charge in [-0.1, -0.05) is 31.5 Å². The standard InChI is InChI=1S/C16H26ClN3/c1-4-19(5-2)14-8-9-20(11-14)16-7-6-13(12(3)18)10-15(16)17/h6-7,10,12,14H,4-5,8-9,11,18H2,1-3H3. The zero-order valence-corrected chi connectivity index (χ0v) is 13.5. The van der Waals surface area contributed by atoms with Crippen LogP contribution in [-0.4, -0.2) is 37.1 Å². The zero-order chi connectivity index (χ0) is 14.7. The summed E-state index contributed by atoms with van der Waals surface area (Å²) < 4.78 is 0. The quantitative estimate of drug-likeness (QED) is 0.905. The van der Waals surface area contributed by atoms with Gasteiger partial charge in [-0.2, -0.15) is 0 Å². The van der Waals surface area contributed by atoms with Crippen molar-refractivity contribution in [2.45, 2.75) is 39.3 Å². The fraction of sp³-hybridized carbons (Fsp3) is 0.625. The van der Waals surface area contributed by atoms with E-state index in [4.69, 9.17) is 17.3 Å². The first-order valence-corrected chi connectivity index (χ1v) is 7.98.